The van der Waals surface area contributed by atoms with Crippen LogP contribution in [-0.4, -0.2) is 69.4 Å². The van der Waals surface area contributed by atoms with Crippen molar-refractivity contribution in [1.29, 1.82) is 0 Å². The number of rotatable bonds is 18. The molecule has 264 valence electrons. The number of ether oxygens (including phenoxy) is 2. The van der Waals surface area contributed by atoms with Crippen LogP contribution >= 0.6 is 11.8 Å². The zero-order chi connectivity index (χ0) is 35.9. The summed E-state index contributed by atoms with van der Waals surface area (Å²) >= 11 is 1.61. The van der Waals surface area contributed by atoms with Gasteiger partial charge in [0, 0.05) is 80.4 Å². The Balaban J connectivity index is 1.63. The number of benzene rings is 3. The molecular weight excluding hydrogens is 669 g/mol. The number of carbonyl (C=O) groups excluding carboxylic acids is 3. The second kappa shape index (κ2) is 18.9. The molecule has 0 fully saturated rings. The van der Waals surface area contributed by atoms with Crippen molar-refractivity contribution < 1.29 is 37.0 Å². The molecule has 13 heteroatoms. The minimum Gasteiger partial charge on any atom is -0.383 e. The fourth-order valence-electron chi connectivity index (χ4n) is 5.00. The first kappa shape index (κ1) is 38.1. The highest BCUT2D eigenvalue weighted by Gasteiger charge is 2.30. The summed E-state index contributed by atoms with van der Waals surface area (Å²) in [5.41, 5.74) is 3.34. The van der Waals surface area contributed by atoms with Crippen LogP contribution in [0.25, 0.3) is 11.3 Å². The van der Waals surface area contributed by atoms with Crippen molar-refractivity contribution in [3.8, 4) is 11.3 Å². The van der Waals surface area contributed by atoms with Crippen LogP contribution in [0, 0.1) is 0 Å². The van der Waals surface area contributed by atoms with Crippen LogP contribution < -0.4 is 15.5 Å². The Morgan fingerprint density at radius 1 is 0.880 bits per heavy atom. The normalized spacial score (nSPS) is 11.2. The maximum atomic E-state index is 13.5. The summed E-state index contributed by atoms with van der Waals surface area (Å²) in [5.74, 6) is 0.499. The van der Waals surface area contributed by atoms with E-state index in [1.54, 1.807) is 50.2 Å². The second-order valence-electron chi connectivity index (χ2n) is 11.2. The summed E-state index contributed by atoms with van der Waals surface area (Å²) in [4.78, 5) is 44.0. The fourth-order valence-corrected chi connectivity index (χ4v) is 5.82. The molecule has 0 saturated heterocycles. The highest BCUT2D eigenvalue weighted by Crippen LogP contribution is 2.33. The standard InChI is InChI=1S/C37H39F3N4O5S/c1-48-17-14-44(15-18-49-2)31-10-11-33(43-36(47)28-8-3-7-27(20-28)25-50-19-5-16-45)32(23-31)34-22-29(12-13-41-34)35(46)42-24-26-6-4-9-30(21-26)37(38,39)40/h3-4,6-13,16,20-23H,5,14-15,17-19,24-25H2,1-2H3,(H,42,46)(H,43,47). The average molecular weight is 709 g/mol. The molecule has 0 unspecified atom stereocenters. The number of nitrogens with zero attached hydrogens (tertiary/aromatic N) is 2. The smallest absolute Gasteiger partial charge is 0.383 e. The van der Waals surface area contributed by atoms with Gasteiger partial charge in [0.15, 0.2) is 0 Å². The molecule has 4 rings (SSSR count). The predicted molar refractivity (Wildman–Crippen MR) is 189 cm³/mol. The Labute approximate surface area is 293 Å². The van der Waals surface area contributed by atoms with E-state index in [2.05, 4.69) is 20.5 Å². The maximum Gasteiger partial charge on any atom is 0.416 e. The average Bonchev–Trinajstić information content (AvgIpc) is 3.12. The number of carbonyl (C=O) groups is 3. The molecule has 9 nitrogen and oxygen atoms in total. The van der Waals surface area contributed by atoms with Crippen molar-refractivity contribution in [2.24, 2.45) is 0 Å². The van der Waals surface area contributed by atoms with Gasteiger partial charge < -0.3 is 29.8 Å². The molecule has 3 aromatic carbocycles. The second-order valence-corrected chi connectivity index (χ2v) is 12.3. The summed E-state index contributed by atoms with van der Waals surface area (Å²) in [7, 11) is 3.23. The number of hydrogen-bond acceptors (Lipinski definition) is 8. The van der Waals surface area contributed by atoms with Crippen LogP contribution in [0.4, 0.5) is 24.5 Å². The Morgan fingerprint density at radius 3 is 2.32 bits per heavy atom. The Morgan fingerprint density at radius 2 is 1.60 bits per heavy atom. The van der Waals surface area contributed by atoms with Gasteiger partial charge in [0.25, 0.3) is 11.8 Å². The van der Waals surface area contributed by atoms with Crippen LogP contribution in [0.15, 0.2) is 85.1 Å². The summed E-state index contributed by atoms with van der Waals surface area (Å²) in [6, 6.07) is 20.6. The van der Waals surface area contributed by atoms with E-state index < -0.39 is 17.6 Å². The molecule has 2 N–H and O–H groups in total. The number of amides is 2. The number of hydrogen-bond donors (Lipinski definition) is 2. The fraction of sp³-hybridized carbons (Fsp3) is 0.297. The summed E-state index contributed by atoms with van der Waals surface area (Å²) < 4.78 is 50.2. The number of aldehydes is 1. The minimum absolute atomic E-state index is 0.111. The van der Waals surface area contributed by atoms with E-state index in [0.29, 0.717) is 72.3 Å². The van der Waals surface area contributed by atoms with Crippen molar-refractivity contribution >= 4 is 41.2 Å². The number of halogens is 3. The van der Waals surface area contributed by atoms with E-state index in [0.717, 1.165) is 29.7 Å². The van der Waals surface area contributed by atoms with Gasteiger partial charge in [-0.05, 0) is 65.7 Å². The van der Waals surface area contributed by atoms with Crippen molar-refractivity contribution in [1.82, 2.24) is 10.3 Å². The summed E-state index contributed by atoms with van der Waals surface area (Å²) in [5, 5.41) is 5.69. The highest BCUT2D eigenvalue weighted by molar-refractivity contribution is 7.98. The number of nitrogens with one attached hydrogen (secondary N) is 2. The number of methoxy groups -OCH3 is 2. The number of thioether (sulfide) groups is 1. The third-order valence-corrected chi connectivity index (χ3v) is 8.65. The van der Waals surface area contributed by atoms with Crippen LogP contribution in [0.1, 0.15) is 43.8 Å². The molecule has 4 aromatic rings. The van der Waals surface area contributed by atoms with Gasteiger partial charge in [-0.2, -0.15) is 24.9 Å². The Bertz CT molecular complexity index is 1750. The lowest BCUT2D eigenvalue weighted by Crippen LogP contribution is -2.30. The molecule has 0 radical (unpaired) electrons. The van der Waals surface area contributed by atoms with Crippen molar-refractivity contribution in [2.45, 2.75) is 24.9 Å². The third kappa shape index (κ3) is 11.2. The van der Waals surface area contributed by atoms with Gasteiger partial charge in [-0.3, -0.25) is 14.6 Å². The Kier molecular flexibility index (Phi) is 14.4. The van der Waals surface area contributed by atoms with Gasteiger partial charge in [0.05, 0.1) is 30.2 Å². The largest absolute Gasteiger partial charge is 0.416 e. The SMILES string of the molecule is COCCN(CCOC)c1ccc(NC(=O)c2cccc(CSCCC=O)c2)c(-c2cc(C(=O)NCc3cccc(C(F)(F)F)c3)ccn2)c1. The Hall–Kier alpha value is -4.72. The van der Waals surface area contributed by atoms with E-state index in [-0.39, 0.29) is 18.0 Å². The van der Waals surface area contributed by atoms with E-state index in [9.17, 15) is 27.6 Å². The van der Waals surface area contributed by atoms with Gasteiger partial charge in [-0.15, -0.1) is 0 Å². The number of aromatic nitrogens is 1. The zero-order valence-electron chi connectivity index (χ0n) is 27.8. The summed E-state index contributed by atoms with van der Waals surface area (Å²) in [6.45, 7) is 1.93. The predicted octanol–water partition coefficient (Wildman–Crippen LogP) is 6.87. The van der Waals surface area contributed by atoms with E-state index in [1.807, 2.05) is 24.3 Å². The topological polar surface area (TPSA) is 110 Å². The van der Waals surface area contributed by atoms with Gasteiger partial charge in [-0.1, -0.05) is 24.3 Å². The molecule has 50 heavy (non-hydrogen) atoms. The first-order valence-corrected chi connectivity index (χ1v) is 17.0. The molecule has 0 spiro atoms. The van der Waals surface area contributed by atoms with E-state index in [1.165, 1.54) is 24.4 Å². The molecule has 0 aliphatic carbocycles. The maximum absolute atomic E-state index is 13.5. The molecule has 1 aromatic heterocycles. The molecule has 0 saturated carbocycles. The van der Waals surface area contributed by atoms with Crippen molar-refractivity contribution in [3.63, 3.8) is 0 Å². The minimum atomic E-state index is -4.50. The molecule has 0 aliphatic rings. The monoisotopic (exact) mass is 708 g/mol. The summed E-state index contributed by atoms with van der Waals surface area (Å²) in [6.07, 6.45) is -1.69. The van der Waals surface area contributed by atoms with Crippen LogP contribution in [-0.2, 0) is 32.7 Å². The van der Waals surface area contributed by atoms with Crippen LogP contribution in [0.5, 0.6) is 0 Å². The van der Waals surface area contributed by atoms with Gasteiger partial charge in [-0.25, -0.2) is 0 Å². The molecular formula is C37H39F3N4O5S. The third-order valence-electron chi connectivity index (χ3n) is 7.59. The number of alkyl halides is 3. The molecule has 0 atom stereocenters. The lowest BCUT2D eigenvalue weighted by Gasteiger charge is -2.25. The number of anilines is 2. The van der Waals surface area contributed by atoms with E-state index in [4.69, 9.17) is 9.47 Å². The van der Waals surface area contributed by atoms with Crippen LogP contribution in [0.2, 0.25) is 0 Å². The van der Waals surface area contributed by atoms with Crippen molar-refractivity contribution in [3.05, 3.63) is 113 Å². The highest BCUT2D eigenvalue weighted by atomic mass is 32.2. The molecule has 2 amide bonds. The van der Waals surface area contributed by atoms with Crippen molar-refractivity contribution in [2.75, 3.05) is 56.5 Å². The molecule has 0 aliphatic heterocycles. The first-order chi connectivity index (χ1) is 24.1. The molecule has 1 heterocycles. The van der Waals surface area contributed by atoms with Gasteiger partial charge in [0.2, 0.25) is 0 Å². The quantitative estimate of drug-likeness (QED) is 0.0852. The molecule has 0 bridgehead atoms. The van der Waals surface area contributed by atoms with Gasteiger partial charge in [0.1, 0.15) is 6.29 Å². The lowest BCUT2D eigenvalue weighted by molar-refractivity contribution is -0.137. The number of pyridine rings is 1. The zero-order valence-corrected chi connectivity index (χ0v) is 28.6. The van der Waals surface area contributed by atoms with Crippen LogP contribution in [0.3, 0.4) is 0 Å². The lowest BCUT2D eigenvalue weighted by atomic mass is 10.0. The first-order valence-electron chi connectivity index (χ1n) is 15.8. The van der Waals surface area contributed by atoms with E-state index >= 15 is 0 Å². The van der Waals surface area contributed by atoms with Gasteiger partial charge >= 0.3 is 6.18 Å².